The van der Waals surface area contributed by atoms with Crippen molar-refractivity contribution in [3.8, 4) is 0 Å². The Kier molecular flexibility index (Phi) is 4.90. The molecule has 1 aliphatic heterocycles. The molecular weight excluding hydrogens is 216 g/mol. The molecule has 0 aromatic rings. The smallest absolute Gasteiger partial charge is 0.120 e. The largest absolute Gasteiger partial charge is 0.392 e. The van der Waals surface area contributed by atoms with E-state index < -0.39 is 0 Å². The Morgan fingerprint density at radius 2 is 2.12 bits per heavy atom. The summed E-state index contributed by atoms with van der Waals surface area (Å²) < 4.78 is 6.05. The summed E-state index contributed by atoms with van der Waals surface area (Å²) in [5.74, 6) is 0. The minimum atomic E-state index is -0.0436. The average molecular weight is 240 g/mol. The number of ether oxygens (including phenoxy) is 1. The third-order valence-corrected chi connectivity index (χ3v) is 3.29. The molecule has 1 rings (SSSR count). The fourth-order valence-electron chi connectivity index (χ4n) is 2.39. The first-order valence-corrected chi connectivity index (χ1v) is 6.28. The topological polar surface area (TPSA) is 46.5 Å². The molecule has 0 amide bonds. The zero-order valence-electron chi connectivity index (χ0n) is 11.3. The lowest BCUT2D eigenvalue weighted by atomic mass is 9.80. The number of hydrogen-bond donors (Lipinski definition) is 1. The van der Waals surface area contributed by atoms with Crippen LogP contribution in [0.25, 0.3) is 0 Å². The molecular formula is C14H24O3. The number of rotatable bonds is 4. The highest BCUT2D eigenvalue weighted by atomic mass is 16.5. The summed E-state index contributed by atoms with van der Waals surface area (Å²) in [4.78, 5) is 10.4. The van der Waals surface area contributed by atoms with Gasteiger partial charge in [0.2, 0.25) is 0 Å². The van der Waals surface area contributed by atoms with Crippen LogP contribution in [0.3, 0.4) is 0 Å². The van der Waals surface area contributed by atoms with E-state index >= 15 is 0 Å². The fourth-order valence-corrected chi connectivity index (χ4v) is 2.39. The Morgan fingerprint density at radius 3 is 2.59 bits per heavy atom. The van der Waals surface area contributed by atoms with E-state index in [9.17, 15) is 9.90 Å². The van der Waals surface area contributed by atoms with Gasteiger partial charge in [0.25, 0.3) is 0 Å². The highest BCUT2D eigenvalue weighted by molar-refractivity contribution is 5.49. The molecule has 0 aromatic carbocycles. The Bertz CT molecular complexity index is 299. The van der Waals surface area contributed by atoms with Crippen molar-refractivity contribution in [3.63, 3.8) is 0 Å². The zero-order valence-corrected chi connectivity index (χ0v) is 11.3. The quantitative estimate of drug-likeness (QED) is 0.606. The van der Waals surface area contributed by atoms with Crippen molar-refractivity contribution in [2.75, 3.05) is 6.61 Å². The average Bonchev–Trinajstić information content (AvgIpc) is 2.24. The lowest BCUT2D eigenvalue weighted by Crippen LogP contribution is -2.40. The summed E-state index contributed by atoms with van der Waals surface area (Å²) in [6.45, 7) is 8.46. The molecule has 17 heavy (non-hydrogen) atoms. The molecule has 3 nitrogen and oxygen atoms in total. The first-order chi connectivity index (χ1) is 7.90. The summed E-state index contributed by atoms with van der Waals surface area (Å²) >= 11 is 0. The molecule has 0 bridgehead atoms. The summed E-state index contributed by atoms with van der Waals surface area (Å²) in [6, 6.07) is 0. The zero-order chi connectivity index (χ0) is 13.1. The van der Waals surface area contributed by atoms with Gasteiger partial charge in [0, 0.05) is 6.42 Å². The molecule has 1 N–H and O–H groups in total. The van der Waals surface area contributed by atoms with Crippen molar-refractivity contribution in [2.24, 2.45) is 5.41 Å². The van der Waals surface area contributed by atoms with Crippen molar-refractivity contribution in [3.05, 3.63) is 11.1 Å². The molecule has 2 unspecified atom stereocenters. The molecule has 0 saturated carbocycles. The number of hydrogen-bond acceptors (Lipinski definition) is 3. The van der Waals surface area contributed by atoms with E-state index in [-0.39, 0.29) is 24.2 Å². The summed E-state index contributed by atoms with van der Waals surface area (Å²) in [7, 11) is 0. The van der Waals surface area contributed by atoms with Crippen molar-refractivity contribution in [1.29, 1.82) is 0 Å². The summed E-state index contributed by atoms with van der Waals surface area (Å²) in [6.07, 6.45) is 3.15. The highest BCUT2D eigenvalue weighted by Gasteiger charge is 2.35. The van der Waals surface area contributed by atoms with E-state index in [4.69, 9.17) is 4.74 Å². The van der Waals surface area contributed by atoms with Gasteiger partial charge in [-0.05, 0) is 30.8 Å². The standard InChI is InChI=1S/C14H24O3/c1-10-8-11(6-5-7-15)17-13(12(10)9-16)14(2,3)4/h7,11,13,16H,5-6,8-9H2,1-4H3. The molecule has 0 aromatic heterocycles. The third-order valence-electron chi connectivity index (χ3n) is 3.29. The molecule has 0 spiro atoms. The Labute approximate surface area is 104 Å². The highest BCUT2D eigenvalue weighted by Crippen LogP contribution is 2.36. The van der Waals surface area contributed by atoms with Gasteiger partial charge < -0.3 is 14.6 Å². The fraction of sp³-hybridized carbons (Fsp3) is 0.786. The third kappa shape index (κ3) is 3.65. The lowest BCUT2D eigenvalue weighted by Gasteiger charge is -2.40. The molecule has 98 valence electrons. The van der Waals surface area contributed by atoms with Gasteiger partial charge in [0.1, 0.15) is 6.29 Å². The van der Waals surface area contributed by atoms with Crippen molar-refractivity contribution in [2.45, 2.75) is 59.2 Å². The Balaban J connectivity index is 2.86. The van der Waals surface area contributed by atoms with E-state index in [1.807, 2.05) is 0 Å². The lowest BCUT2D eigenvalue weighted by molar-refractivity contribution is -0.109. The molecule has 0 saturated heterocycles. The van der Waals surface area contributed by atoms with Gasteiger partial charge in [0.15, 0.2) is 0 Å². The van der Waals surface area contributed by atoms with E-state index in [2.05, 4.69) is 27.7 Å². The normalized spacial score (nSPS) is 26.2. The maximum atomic E-state index is 10.4. The van der Waals surface area contributed by atoms with Crippen LogP contribution in [0.2, 0.25) is 0 Å². The second kappa shape index (κ2) is 5.78. The van der Waals surface area contributed by atoms with Crippen molar-refractivity contribution in [1.82, 2.24) is 0 Å². The van der Waals surface area contributed by atoms with Crippen LogP contribution < -0.4 is 0 Å². The van der Waals surface area contributed by atoms with Crippen LogP contribution in [0.15, 0.2) is 11.1 Å². The number of carbonyl (C=O) groups is 1. The van der Waals surface area contributed by atoms with Crippen molar-refractivity contribution < 1.29 is 14.6 Å². The molecule has 2 atom stereocenters. The van der Waals surface area contributed by atoms with E-state index in [1.165, 1.54) is 5.57 Å². The minimum Gasteiger partial charge on any atom is -0.392 e. The number of aldehydes is 1. The van der Waals surface area contributed by atoms with Gasteiger partial charge in [-0.1, -0.05) is 26.3 Å². The van der Waals surface area contributed by atoms with Gasteiger partial charge >= 0.3 is 0 Å². The summed E-state index contributed by atoms with van der Waals surface area (Å²) in [5.41, 5.74) is 2.20. The van der Waals surface area contributed by atoms with Gasteiger partial charge in [-0.15, -0.1) is 0 Å². The van der Waals surface area contributed by atoms with Crippen LogP contribution in [-0.4, -0.2) is 30.2 Å². The number of aliphatic hydroxyl groups is 1. The van der Waals surface area contributed by atoms with Crippen LogP contribution in [-0.2, 0) is 9.53 Å². The molecule has 3 heteroatoms. The van der Waals surface area contributed by atoms with Gasteiger partial charge in [-0.25, -0.2) is 0 Å². The van der Waals surface area contributed by atoms with Crippen LogP contribution >= 0.6 is 0 Å². The SMILES string of the molecule is CC1=C(CO)C(C(C)(C)C)OC(CCC=O)C1. The van der Waals surface area contributed by atoms with E-state index in [1.54, 1.807) is 0 Å². The van der Waals surface area contributed by atoms with E-state index in [0.717, 1.165) is 24.7 Å². The number of aliphatic hydroxyl groups excluding tert-OH is 1. The van der Waals surface area contributed by atoms with Gasteiger partial charge in [-0.3, -0.25) is 0 Å². The minimum absolute atomic E-state index is 0.0286. The van der Waals surface area contributed by atoms with Crippen LogP contribution in [0.4, 0.5) is 0 Å². The first-order valence-electron chi connectivity index (χ1n) is 6.28. The van der Waals surface area contributed by atoms with Crippen LogP contribution in [0.5, 0.6) is 0 Å². The molecule has 1 aliphatic rings. The van der Waals surface area contributed by atoms with Crippen molar-refractivity contribution >= 4 is 6.29 Å². The Hall–Kier alpha value is -0.670. The predicted molar refractivity (Wildman–Crippen MR) is 67.8 cm³/mol. The Morgan fingerprint density at radius 1 is 1.47 bits per heavy atom. The first kappa shape index (κ1) is 14.4. The molecule has 1 heterocycles. The maximum Gasteiger partial charge on any atom is 0.120 e. The van der Waals surface area contributed by atoms with Crippen LogP contribution in [0.1, 0.15) is 47.0 Å². The number of carbonyl (C=O) groups excluding carboxylic acids is 1. The maximum absolute atomic E-state index is 10.4. The monoisotopic (exact) mass is 240 g/mol. The van der Waals surface area contributed by atoms with E-state index in [0.29, 0.717) is 6.42 Å². The summed E-state index contributed by atoms with van der Waals surface area (Å²) in [5, 5.41) is 9.46. The van der Waals surface area contributed by atoms with Crippen LogP contribution in [0, 0.1) is 5.41 Å². The molecule has 0 aliphatic carbocycles. The predicted octanol–water partition coefficient (Wildman–Crippen LogP) is 2.48. The molecule has 0 fully saturated rings. The second-order valence-electron chi connectivity index (χ2n) is 5.92. The van der Waals surface area contributed by atoms with Gasteiger partial charge in [0.05, 0.1) is 18.8 Å². The second-order valence-corrected chi connectivity index (χ2v) is 5.92. The van der Waals surface area contributed by atoms with Gasteiger partial charge in [-0.2, -0.15) is 0 Å². The molecule has 0 radical (unpaired) electrons.